The molecule has 146 valence electrons. The average molecular weight is 362 g/mol. The Morgan fingerprint density at radius 3 is 2.08 bits per heavy atom. The van der Waals surface area contributed by atoms with Crippen molar-refractivity contribution in [2.45, 2.75) is 66.1 Å². The lowest BCUT2D eigenvalue weighted by Crippen LogP contribution is -2.52. The molecule has 5 heteroatoms. The smallest absolute Gasteiger partial charge is 0.251 e. The molecule has 0 aromatic heterocycles. The van der Waals surface area contributed by atoms with Gasteiger partial charge in [-0.25, -0.2) is 0 Å². The highest BCUT2D eigenvalue weighted by Crippen LogP contribution is 2.10. The van der Waals surface area contributed by atoms with Crippen LogP contribution >= 0.6 is 0 Å². The molecule has 0 bridgehead atoms. The summed E-state index contributed by atoms with van der Waals surface area (Å²) in [5.41, 5.74) is 0.569. The SMILES string of the molecule is CCC(C)C(NC(=O)c1ccccc1)C(=O)NCCN(C(C)C)C(C)C. The molecule has 0 heterocycles. The number of carbonyl (C=O) groups excluding carboxylic acids is 2. The number of hydrogen-bond donors (Lipinski definition) is 2. The summed E-state index contributed by atoms with van der Waals surface area (Å²) < 4.78 is 0. The second-order valence-corrected chi connectivity index (χ2v) is 7.42. The van der Waals surface area contributed by atoms with Gasteiger partial charge in [-0.05, 0) is 45.7 Å². The number of rotatable bonds is 10. The topological polar surface area (TPSA) is 61.4 Å². The van der Waals surface area contributed by atoms with Crippen molar-refractivity contribution < 1.29 is 9.59 Å². The molecule has 0 fully saturated rings. The third-order valence-corrected chi connectivity index (χ3v) is 4.81. The molecule has 26 heavy (non-hydrogen) atoms. The Morgan fingerprint density at radius 2 is 1.58 bits per heavy atom. The first-order valence-corrected chi connectivity index (χ1v) is 9.67. The Morgan fingerprint density at radius 1 is 1.00 bits per heavy atom. The van der Waals surface area contributed by atoms with Gasteiger partial charge in [0.25, 0.3) is 5.91 Å². The Kier molecular flexibility index (Phi) is 9.35. The molecule has 0 aliphatic rings. The molecule has 2 atom stereocenters. The van der Waals surface area contributed by atoms with Crippen LogP contribution in [0.2, 0.25) is 0 Å². The fourth-order valence-electron chi connectivity index (χ4n) is 3.05. The quantitative estimate of drug-likeness (QED) is 0.673. The van der Waals surface area contributed by atoms with Crippen molar-refractivity contribution in [2.75, 3.05) is 13.1 Å². The minimum absolute atomic E-state index is 0.0639. The van der Waals surface area contributed by atoms with Crippen LogP contribution in [-0.4, -0.2) is 47.9 Å². The van der Waals surface area contributed by atoms with Crippen molar-refractivity contribution in [3.63, 3.8) is 0 Å². The third-order valence-electron chi connectivity index (χ3n) is 4.81. The number of benzene rings is 1. The van der Waals surface area contributed by atoms with E-state index in [2.05, 4.69) is 43.2 Å². The van der Waals surface area contributed by atoms with E-state index in [0.717, 1.165) is 13.0 Å². The van der Waals surface area contributed by atoms with E-state index < -0.39 is 6.04 Å². The van der Waals surface area contributed by atoms with Gasteiger partial charge in [-0.2, -0.15) is 0 Å². The largest absolute Gasteiger partial charge is 0.353 e. The number of carbonyl (C=O) groups is 2. The molecule has 1 aromatic rings. The molecule has 2 amide bonds. The summed E-state index contributed by atoms with van der Waals surface area (Å²) in [6.07, 6.45) is 0.817. The number of amides is 2. The van der Waals surface area contributed by atoms with Crippen LogP contribution in [0.1, 0.15) is 58.3 Å². The molecule has 1 aromatic carbocycles. The highest BCUT2D eigenvalue weighted by atomic mass is 16.2. The summed E-state index contributed by atoms with van der Waals surface area (Å²) >= 11 is 0. The first kappa shape index (κ1) is 22.2. The van der Waals surface area contributed by atoms with Gasteiger partial charge >= 0.3 is 0 Å². The van der Waals surface area contributed by atoms with Gasteiger partial charge in [0, 0.05) is 30.7 Å². The van der Waals surface area contributed by atoms with E-state index in [9.17, 15) is 9.59 Å². The third kappa shape index (κ3) is 6.79. The van der Waals surface area contributed by atoms with Crippen molar-refractivity contribution >= 4 is 11.8 Å². The summed E-state index contributed by atoms with van der Waals surface area (Å²) in [5.74, 6) is -0.262. The molecule has 1 rings (SSSR count). The first-order chi connectivity index (χ1) is 12.3. The molecular weight excluding hydrogens is 326 g/mol. The maximum Gasteiger partial charge on any atom is 0.251 e. The molecule has 2 unspecified atom stereocenters. The van der Waals surface area contributed by atoms with Crippen molar-refractivity contribution in [1.82, 2.24) is 15.5 Å². The van der Waals surface area contributed by atoms with Crippen molar-refractivity contribution in [3.05, 3.63) is 35.9 Å². The van der Waals surface area contributed by atoms with Crippen LogP contribution in [-0.2, 0) is 4.79 Å². The van der Waals surface area contributed by atoms with E-state index in [4.69, 9.17) is 0 Å². The van der Waals surface area contributed by atoms with E-state index >= 15 is 0 Å². The Balaban J connectivity index is 2.68. The number of nitrogens with zero attached hydrogens (tertiary/aromatic N) is 1. The van der Waals surface area contributed by atoms with Crippen LogP contribution in [0.25, 0.3) is 0 Å². The fraction of sp³-hybridized carbons (Fsp3) is 0.619. The molecule has 0 spiro atoms. The number of nitrogens with one attached hydrogen (secondary N) is 2. The van der Waals surface area contributed by atoms with Crippen molar-refractivity contribution in [2.24, 2.45) is 5.92 Å². The lowest BCUT2D eigenvalue weighted by Gasteiger charge is -2.31. The van der Waals surface area contributed by atoms with Crippen LogP contribution in [0.4, 0.5) is 0 Å². The minimum atomic E-state index is -0.528. The lowest BCUT2D eigenvalue weighted by molar-refractivity contribution is -0.124. The van der Waals surface area contributed by atoms with Gasteiger partial charge in [0.05, 0.1) is 0 Å². The highest BCUT2D eigenvalue weighted by molar-refractivity contribution is 5.97. The molecule has 0 radical (unpaired) electrons. The maximum atomic E-state index is 12.7. The van der Waals surface area contributed by atoms with E-state index in [1.165, 1.54) is 0 Å². The summed E-state index contributed by atoms with van der Waals surface area (Å²) in [4.78, 5) is 27.5. The standard InChI is InChI=1S/C21H35N3O2/c1-7-17(6)19(23-20(25)18-11-9-8-10-12-18)21(26)22-13-14-24(15(2)3)16(4)5/h8-12,15-17,19H,7,13-14H2,1-6H3,(H,22,26)(H,23,25). The average Bonchev–Trinajstić information content (AvgIpc) is 2.62. The van der Waals surface area contributed by atoms with E-state index in [1.807, 2.05) is 32.0 Å². The number of hydrogen-bond acceptors (Lipinski definition) is 3. The van der Waals surface area contributed by atoms with Gasteiger partial charge in [0.1, 0.15) is 6.04 Å². The van der Waals surface area contributed by atoms with Gasteiger partial charge in [-0.1, -0.05) is 38.5 Å². The van der Waals surface area contributed by atoms with Crippen molar-refractivity contribution in [3.8, 4) is 0 Å². The zero-order valence-electron chi connectivity index (χ0n) is 17.1. The normalized spacial score (nSPS) is 13.7. The summed E-state index contributed by atoms with van der Waals surface area (Å²) in [6.45, 7) is 14.0. The minimum Gasteiger partial charge on any atom is -0.353 e. The molecule has 2 N–H and O–H groups in total. The predicted molar refractivity (Wildman–Crippen MR) is 107 cm³/mol. The molecular formula is C21H35N3O2. The Labute approximate surface area is 158 Å². The zero-order chi connectivity index (χ0) is 19.7. The van der Waals surface area contributed by atoms with E-state index in [-0.39, 0.29) is 17.7 Å². The molecule has 5 nitrogen and oxygen atoms in total. The highest BCUT2D eigenvalue weighted by Gasteiger charge is 2.26. The van der Waals surface area contributed by atoms with Gasteiger partial charge in [0.15, 0.2) is 0 Å². The van der Waals surface area contributed by atoms with Gasteiger partial charge in [0.2, 0.25) is 5.91 Å². The monoisotopic (exact) mass is 361 g/mol. The first-order valence-electron chi connectivity index (χ1n) is 9.67. The summed E-state index contributed by atoms with van der Waals surface area (Å²) in [6, 6.07) is 9.34. The van der Waals surface area contributed by atoms with Crippen LogP contribution < -0.4 is 10.6 Å². The van der Waals surface area contributed by atoms with Crippen LogP contribution in [0.15, 0.2) is 30.3 Å². The zero-order valence-corrected chi connectivity index (χ0v) is 17.1. The van der Waals surface area contributed by atoms with Gasteiger partial charge in [-0.3, -0.25) is 14.5 Å². The molecule has 0 aliphatic heterocycles. The molecule has 0 saturated heterocycles. The fourth-order valence-corrected chi connectivity index (χ4v) is 3.05. The van der Waals surface area contributed by atoms with Crippen LogP contribution in [0.3, 0.4) is 0 Å². The Bertz CT molecular complexity index is 550. The molecule has 0 aliphatic carbocycles. The van der Waals surface area contributed by atoms with Crippen LogP contribution in [0.5, 0.6) is 0 Å². The predicted octanol–water partition coefficient (Wildman–Crippen LogP) is 3.07. The van der Waals surface area contributed by atoms with Gasteiger partial charge in [-0.15, -0.1) is 0 Å². The lowest BCUT2D eigenvalue weighted by atomic mass is 9.98. The van der Waals surface area contributed by atoms with Gasteiger partial charge < -0.3 is 10.6 Å². The second-order valence-electron chi connectivity index (χ2n) is 7.42. The summed E-state index contributed by atoms with van der Waals surface area (Å²) in [7, 11) is 0. The van der Waals surface area contributed by atoms with Crippen LogP contribution in [0, 0.1) is 5.92 Å². The van der Waals surface area contributed by atoms with Crippen molar-refractivity contribution in [1.29, 1.82) is 0 Å². The maximum absolute atomic E-state index is 12.7. The molecule has 0 saturated carbocycles. The van der Waals surface area contributed by atoms with E-state index in [1.54, 1.807) is 12.1 Å². The van der Waals surface area contributed by atoms with E-state index in [0.29, 0.717) is 24.2 Å². The second kappa shape index (κ2) is 11.0. The Hall–Kier alpha value is -1.88. The summed E-state index contributed by atoms with van der Waals surface area (Å²) in [5, 5.41) is 5.90.